The van der Waals surface area contributed by atoms with Gasteiger partial charge in [-0.1, -0.05) is 30.4 Å². The van der Waals surface area contributed by atoms with Crippen molar-refractivity contribution >= 4 is 28.9 Å². The van der Waals surface area contributed by atoms with Gasteiger partial charge in [-0.2, -0.15) is 0 Å². The van der Waals surface area contributed by atoms with E-state index in [1.807, 2.05) is 9.80 Å². The number of carbonyl (C=O) groups is 2. The highest BCUT2D eigenvalue weighted by molar-refractivity contribution is 7.76. The normalized spacial score (nSPS) is 31.3. The van der Waals surface area contributed by atoms with Crippen LogP contribution in [-0.2, 0) is 20.9 Å². The van der Waals surface area contributed by atoms with Crippen molar-refractivity contribution in [3.8, 4) is 0 Å². The summed E-state index contributed by atoms with van der Waals surface area (Å²) in [5.74, 6) is 1.88. The summed E-state index contributed by atoms with van der Waals surface area (Å²) in [7, 11) is 0. The first kappa shape index (κ1) is 25.4. The van der Waals surface area contributed by atoms with E-state index in [1.165, 1.54) is 21.1 Å². The molecule has 7 aliphatic rings. The van der Waals surface area contributed by atoms with Gasteiger partial charge in [0.05, 0.1) is 0 Å². The van der Waals surface area contributed by atoms with Crippen molar-refractivity contribution < 1.29 is 18.4 Å². The lowest BCUT2D eigenvalue weighted by molar-refractivity contribution is -0.140. The van der Waals surface area contributed by atoms with E-state index in [1.54, 1.807) is 0 Å². The molecule has 2 N–H and O–H groups in total. The van der Waals surface area contributed by atoms with Crippen LogP contribution in [-0.4, -0.2) is 85.3 Å². The molecule has 3 atom stereocenters. The van der Waals surface area contributed by atoms with Gasteiger partial charge in [0, 0.05) is 79.9 Å². The maximum Gasteiger partial charge on any atom is 0.255 e. The number of allylic oxidation sites excluding steroid dienone is 5. The second-order valence-corrected chi connectivity index (χ2v) is 12.9. The Hall–Kier alpha value is -2.60. The molecule has 11 heteroatoms. The maximum absolute atomic E-state index is 13.9. The minimum absolute atomic E-state index is 0.000101. The van der Waals surface area contributed by atoms with Gasteiger partial charge in [0.25, 0.3) is 5.91 Å². The molecule has 4 aliphatic heterocycles. The number of hydrogen-bond acceptors (Lipinski definition) is 7. The van der Waals surface area contributed by atoms with E-state index < -0.39 is 16.8 Å². The molecule has 208 valence electrons. The molecule has 3 saturated heterocycles. The van der Waals surface area contributed by atoms with Gasteiger partial charge in [0.2, 0.25) is 5.91 Å². The number of fused-ring (bicyclic) bond motifs is 1. The van der Waals surface area contributed by atoms with E-state index in [9.17, 15) is 18.4 Å². The van der Waals surface area contributed by atoms with Gasteiger partial charge in [0.1, 0.15) is 11.4 Å². The van der Waals surface area contributed by atoms with Crippen molar-refractivity contribution in [2.45, 2.75) is 44.1 Å². The molecule has 0 bridgehead atoms. The van der Waals surface area contributed by atoms with Crippen molar-refractivity contribution in [1.82, 2.24) is 25.0 Å². The molecule has 3 aliphatic carbocycles. The molecule has 2 amide bonds. The van der Waals surface area contributed by atoms with Gasteiger partial charge in [-0.05, 0) is 49.7 Å². The monoisotopic (exact) mass is 551 g/mol. The first-order valence-corrected chi connectivity index (χ1v) is 15.3. The lowest BCUT2D eigenvalue weighted by Crippen LogP contribution is -2.57. The van der Waals surface area contributed by atoms with Crippen LogP contribution < -0.4 is 10.9 Å². The molecule has 1 saturated carbocycles. The van der Waals surface area contributed by atoms with Gasteiger partial charge >= 0.3 is 0 Å². The molecular formula is C28H35N6O4S-. The Bertz CT molecular complexity index is 1250. The van der Waals surface area contributed by atoms with E-state index in [0.29, 0.717) is 51.5 Å². The number of amides is 2. The Morgan fingerprint density at radius 2 is 1.92 bits per heavy atom. The van der Waals surface area contributed by atoms with Gasteiger partial charge in [-0.25, -0.2) is 9.73 Å². The predicted molar refractivity (Wildman–Crippen MR) is 145 cm³/mol. The summed E-state index contributed by atoms with van der Waals surface area (Å²) in [6.45, 7) is 3.40. The summed E-state index contributed by atoms with van der Waals surface area (Å²) in [6, 6.07) is 0. The standard InChI is InChI=1S/C28H36N6O4S/c35-26(21-5-6-21)32-15-18(16-32)17-34-25(30-28(27(34)36)9-11-33(12-10-28)39(37)38)20-3-1-19(2-4-20)22-7-8-24-23(13-22)14-29-31-24/h1-3,8,13,18,20-22,29,31H,4-7,9-12,14-17H2,(H,37,38)/p-1. The molecule has 10 nitrogen and oxygen atoms in total. The smallest absolute Gasteiger partial charge is 0.255 e. The minimum Gasteiger partial charge on any atom is -0.760 e. The molecule has 0 aromatic carbocycles. The average Bonchev–Trinajstić information content (AvgIpc) is 3.62. The van der Waals surface area contributed by atoms with Crippen LogP contribution in [0.3, 0.4) is 0 Å². The summed E-state index contributed by atoms with van der Waals surface area (Å²) < 4.78 is 24.4. The summed E-state index contributed by atoms with van der Waals surface area (Å²) in [5, 5.41) is 0. The number of nitrogens with one attached hydrogen (secondary N) is 2. The molecule has 0 aromatic rings. The van der Waals surface area contributed by atoms with Crippen LogP contribution in [0.15, 0.2) is 52.2 Å². The molecule has 1 spiro atoms. The predicted octanol–water partition coefficient (Wildman–Crippen LogP) is 1.16. The summed E-state index contributed by atoms with van der Waals surface area (Å²) in [5.41, 5.74) is 9.30. The van der Waals surface area contributed by atoms with E-state index in [2.05, 4.69) is 41.2 Å². The molecule has 4 heterocycles. The Morgan fingerprint density at radius 3 is 2.62 bits per heavy atom. The van der Waals surface area contributed by atoms with E-state index in [-0.39, 0.29) is 29.6 Å². The molecule has 39 heavy (non-hydrogen) atoms. The molecule has 7 rings (SSSR count). The third-order valence-corrected chi connectivity index (χ3v) is 10.1. The molecular weight excluding hydrogens is 516 g/mol. The molecule has 0 aromatic heterocycles. The van der Waals surface area contributed by atoms with Crippen LogP contribution in [0.25, 0.3) is 0 Å². The second-order valence-electron chi connectivity index (χ2n) is 12.0. The minimum atomic E-state index is -2.28. The highest BCUT2D eigenvalue weighted by Gasteiger charge is 2.52. The first-order chi connectivity index (χ1) is 18.9. The third kappa shape index (κ3) is 4.63. The topological polar surface area (TPSA) is 120 Å². The SMILES string of the molecule is O=C(C1CC1)N1CC(CN2C(=O)C3(CCN(S(=O)[O-])CC3)N=C2C2C=CC(C3C=C4CNNC4=CC3)=CC2)C1. The van der Waals surface area contributed by atoms with Crippen molar-refractivity contribution in [3.05, 3.63) is 47.2 Å². The number of rotatable bonds is 6. The third-order valence-electron chi connectivity index (χ3n) is 9.36. The van der Waals surface area contributed by atoms with Crippen molar-refractivity contribution in [1.29, 1.82) is 0 Å². The van der Waals surface area contributed by atoms with E-state index in [4.69, 9.17) is 4.99 Å². The van der Waals surface area contributed by atoms with Crippen LogP contribution in [0, 0.1) is 23.7 Å². The number of piperidine rings is 1. The Balaban J connectivity index is 1.07. The zero-order valence-electron chi connectivity index (χ0n) is 22.0. The number of hydrogen-bond donors (Lipinski definition) is 2. The van der Waals surface area contributed by atoms with Crippen LogP contribution in [0.5, 0.6) is 0 Å². The quantitative estimate of drug-likeness (QED) is 0.478. The average molecular weight is 552 g/mol. The van der Waals surface area contributed by atoms with E-state index in [0.717, 1.165) is 38.1 Å². The van der Waals surface area contributed by atoms with Crippen LogP contribution >= 0.6 is 0 Å². The highest BCUT2D eigenvalue weighted by Crippen LogP contribution is 2.40. The number of hydrazine groups is 1. The number of amidine groups is 1. The fourth-order valence-corrected chi connectivity index (χ4v) is 7.30. The van der Waals surface area contributed by atoms with Gasteiger partial charge in [-0.15, -0.1) is 0 Å². The zero-order valence-corrected chi connectivity index (χ0v) is 22.8. The van der Waals surface area contributed by atoms with Crippen LogP contribution in [0.2, 0.25) is 0 Å². The fourth-order valence-electron chi connectivity index (χ4n) is 6.82. The number of carbonyl (C=O) groups excluding carboxylic acids is 2. The number of nitrogens with zero attached hydrogens (tertiary/aromatic N) is 4. The fraction of sp³-hybridized carbons (Fsp3) is 0.607. The Labute approximate surface area is 231 Å². The van der Waals surface area contributed by atoms with Crippen LogP contribution in [0.4, 0.5) is 0 Å². The highest BCUT2D eigenvalue weighted by atomic mass is 32.2. The van der Waals surface area contributed by atoms with E-state index >= 15 is 0 Å². The Kier molecular flexibility index (Phi) is 6.37. The summed E-state index contributed by atoms with van der Waals surface area (Å²) in [4.78, 5) is 35.3. The van der Waals surface area contributed by atoms with Gasteiger partial charge in [-0.3, -0.25) is 23.7 Å². The van der Waals surface area contributed by atoms with Crippen molar-refractivity contribution in [2.24, 2.45) is 28.7 Å². The molecule has 0 radical (unpaired) electrons. The van der Waals surface area contributed by atoms with Gasteiger partial charge in [0.15, 0.2) is 0 Å². The first-order valence-electron chi connectivity index (χ1n) is 14.2. The van der Waals surface area contributed by atoms with Crippen molar-refractivity contribution in [2.75, 3.05) is 39.3 Å². The number of likely N-dealkylation sites (tertiary alicyclic amines) is 1. The van der Waals surface area contributed by atoms with Gasteiger partial charge < -0.3 is 14.9 Å². The molecule has 4 fully saturated rings. The number of aliphatic imine (C=N–C) groups is 1. The summed E-state index contributed by atoms with van der Waals surface area (Å²) >= 11 is -2.28. The zero-order chi connectivity index (χ0) is 26.7. The second kappa shape index (κ2) is 9.79. The largest absolute Gasteiger partial charge is 0.760 e. The Morgan fingerprint density at radius 1 is 1.15 bits per heavy atom. The van der Waals surface area contributed by atoms with Crippen molar-refractivity contribution in [3.63, 3.8) is 0 Å². The lowest BCUT2D eigenvalue weighted by Gasteiger charge is -2.42. The lowest BCUT2D eigenvalue weighted by atomic mass is 9.83. The van der Waals surface area contributed by atoms with Crippen LogP contribution in [0.1, 0.15) is 38.5 Å². The summed E-state index contributed by atoms with van der Waals surface area (Å²) in [6.07, 6.45) is 15.8. The molecule has 3 unspecified atom stereocenters. The maximum atomic E-state index is 13.9.